The second-order valence-corrected chi connectivity index (χ2v) is 4.31. The van der Waals surface area contributed by atoms with E-state index in [0.29, 0.717) is 12.0 Å². The first-order valence-corrected chi connectivity index (χ1v) is 6.50. The molecule has 4 nitrogen and oxygen atoms in total. The minimum absolute atomic E-state index is 0.611. The molecule has 2 aromatic rings. The van der Waals surface area contributed by atoms with E-state index in [0.717, 1.165) is 29.6 Å². The van der Waals surface area contributed by atoms with E-state index in [2.05, 4.69) is 16.6 Å². The van der Waals surface area contributed by atoms with Crippen LogP contribution in [-0.4, -0.2) is 21.4 Å². The molecule has 2 heterocycles. The number of aliphatic imine (C=N–C) groups is 1. The van der Waals surface area contributed by atoms with E-state index >= 15 is 0 Å². The fraction of sp³-hybridized carbons (Fsp3) is 0.188. The number of imidazole rings is 1. The van der Waals surface area contributed by atoms with E-state index in [1.807, 2.05) is 35.9 Å². The molecule has 0 aliphatic carbocycles. The van der Waals surface area contributed by atoms with Gasteiger partial charge >= 0.3 is 0 Å². The summed E-state index contributed by atoms with van der Waals surface area (Å²) in [4.78, 5) is 19.6. The van der Waals surface area contributed by atoms with Gasteiger partial charge in [0.25, 0.3) is 0 Å². The Kier molecular flexibility index (Phi) is 4.60. The first-order valence-electron chi connectivity index (χ1n) is 6.50. The van der Waals surface area contributed by atoms with Crippen LogP contribution < -0.4 is 0 Å². The van der Waals surface area contributed by atoms with Gasteiger partial charge in [0.05, 0.1) is 5.71 Å². The number of aldehydes is 1. The Morgan fingerprint density at radius 3 is 3.05 bits per heavy atom. The second kappa shape index (κ2) is 6.61. The lowest BCUT2D eigenvalue weighted by molar-refractivity contribution is -0.104. The van der Waals surface area contributed by atoms with Gasteiger partial charge in [0.15, 0.2) is 6.29 Å². The van der Waals surface area contributed by atoms with Crippen molar-refractivity contribution < 1.29 is 4.79 Å². The molecule has 2 aromatic heterocycles. The first-order chi connectivity index (χ1) is 9.80. The molecule has 0 spiro atoms. The molecule has 4 heteroatoms. The molecule has 102 valence electrons. The van der Waals surface area contributed by atoms with Crippen LogP contribution in [0, 0.1) is 0 Å². The zero-order valence-electron chi connectivity index (χ0n) is 11.5. The Balaban J connectivity index is 2.22. The number of carbonyl (C=O) groups excluding carboxylic acids is 1. The van der Waals surface area contributed by atoms with Crippen molar-refractivity contribution >= 4 is 17.6 Å². The number of hydrogen-bond acceptors (Lipinski definition) is 3. The number of carbonyl (C=O) groups is 1. The average molecular weight is 267 g/mol. The third-order valence-corrected chi connectivity index (χ3v) is 3.15. The Morgan fingerprint density at radius 1 is 1.50 bits per heavy atom. The molecule has 20 heavy (non-hydrogen) atoms. The maximum absolute atomic E-state index is 11.0. The number of nitrogens with zero attached hydrogens (tertiary/aromatic N) is 3. The van der Waals surface area contributed by atoms with E-state index in [1.54, 1.807) is 12.3 Å². The summed E-state index contributed by atoms with van der Waals surface area (Å²) in [6, 6.07) is 4.04. The molecule has 0 unspecified atom stereocenters. The summed E-state index contributed by atoms with van der Waals surface area (Å²) in [6.45, 7) is 5.43. The van der Waals surface area contributed by atoms with Crippen LogP contribution in [0.1, 0.15) is 18.9 Å². The molecule has 2 rings (SSSR count). The maximum atomic E-state index is 11.0. The number of aromatic nitrogens is 2. The minimum atomic E-state index is 0.611. The average Bonchev–Trinajstić information content (AvgIpc) is 2.95. The Labute approximate surface area is 118 Å². The molecule has 0 atom stereocenters. The summed E-state index contributed by atoms with van der Waals surface area (Å²) in [5.41, 5.74) is 3.44. The van der Waals surface area contributed by atoms with Gasteiger partial charge in [0, 0.05) is 30.4 Å². The topological polar surface area (TPSA) is 46.7 Å². The number of fused-ring (bicyclic) bond motifs is 1. The van der Waals surface area contributed by atoms with E-state index in [9.17, 15) is 4.79 Å². The van der Waals surface area contributed by atoms with Crippen LogP contribution in [0.3, 0.4) is 0 Å². The van der Waals surface area contributed by atoms with Gasteiger partial charge in [-0.15, -0.1) is 0 Å². The van der Waals surface area contributed by atoms with Gasteiger partial charge in [0.1, 0.15) is 5.65 Å². The molecule has 0 radical (unpaired) electrons. The van der Waals surface area contributed by atoms with E-state index in [-0.39, 0.29) is 0 Å². The van der Waals surface area contributed by atoms with Crippen LogP contribution in [0.15, 0.2) is 60.1 Å². The zero-order chi connectivity index (χ0) is 14.4. The molecule has 0 amide bonds. The molecule has 0 saturated heterocycles. The monoisotopic (exact) mass is 267 g/mol. The first kappa shape index (κ1) is 13.9. The smallest absolute Gasteiger partial charge is 0.151 e. The SMILES string of the molecule is C=C/N=C(CCc1cccn2ccnc12)\C(C=O)=C/C. The van der Waals surface area contributed by atoms with Gasteiger partial charge in [0.2, 0.25) is 0 Å². The van der Waals surface area contributed by atoms with Crippen molar-refractivity contribution in [3.05, 3.63) is 60.7 Å². The van der Waals surface area contributed by atoms with E-state index in [4.69, 9.17) is 0 Å². The number of pyridine rings is 1. The van der Waals surface area contributed by atoms with Gasteiger partial charge in [-0.3, -0.25) is 9.79 Å². The van der Waals surface area contributed by atoms with Crippen LogP contribution in [-0.2, 0) is 11.2 Å². The van der Waals surface area contributed by atoms with E-state index < -0.39 is 0 Å². The van der Waals surface area contributed by atoms with Gasteiger partial charge in [-0.05, 0) is 31.4 Å². The van der Waals surface area contributed by atoms with Crippen LogP contribution >= 0.6 is 0 Å². The number of allylic oxidation sites excluding steroid dienone is 2. The van der Waals surface area contributed by atoms with Crippen LogP contribution in [0.5, 0.6) is 0 Å². The molecule has 0 aliphatic rings. The fourth-order valence-electron chi connectivity index (χ4n) is 2.15. The van der Waals surface area contributed by atoms with Crippen LogP contribution in [0.2, 0.25) is 0 Å². The molecule has 0 aromatic carbocycles. The highest BCUT2D eigenvalue weighted by atomic mass is 16.1. The highest BCUT2D eigenvalue weighted by Gasteiger charge is 2.08. The summed E-state index contributed by atoms with van der Waals surface area (Å²) in [5, 5.41) is 0. The van der Waals surface area contributed by atoms with Gasteiger partial charge in [-0.2, -0.15) is 0 Å². The summed E-state index contributed by atoms with van der Waals surface area (Å²) in [5.74, 6) is 0. The quantitative estimate of drug-likeness (QED) is 0.459. The predicted octanol–water partition coefficient (Wildman–Crippen LogP) is 3.00. The summed E-state index contributed by atoms with van der Waals surface area (Å²) < 4.78 is 1.98. The van der Waals surface area contributed by atoms with Crippen molar-refractivity contribution in [1.82, 2.24) is 9.38 Å². The van der Waals surface area contributed by atoms with Crippen molar-refractivity contribution in [3.8, 4) is 0 Å². The van der Waals surface area contributed by atoms with Crippen molar-refractivity contribution in [1.29, 1.82) is 0 Å². The Morgan fingerprint density at radius 2 is 2.35 bits per heavy atom. The van der Waals surface area contributed by atoms with Gasteiger partial charge < -0.3 is 4.40 Å². The van der Waals surface area contributed by atoms with Crippen LogP contribution in [0.25, 0.3) is 5.65 Å². The van der Waals surface area contributed by atoms with Crippen molar-refractivity contribution in [2.75, 3.05) is 0 Å². The summed E-state index contributed by atoms with van der Waals surface area (Å²) in [7, 11) is 0. The largest absolute Gasteiger partial charge is 0.307 e. The molecule has 0 fully saturated rings. The molecular weight excluding hydrogens is 250 g/mol. The van der Waals surface area contributed by atoms with Crippen molar-refractivity contribution in [3.63, 3.8) is 0 Å². The molecule has 0 aliphatic heterocycles. The summed E-state index contributed by atoms with van der Waals surface area (Å²) >= 11 is 0. The molecular formula is C16H17N3O. The van der Waals surface area contributed by atoms with Crippen molar-refractivity contribution in [2.45, 2.75) is 19.8 Å². The van der Waals surface area contributed by atoms with Gasteiger partial charge in [-0.25, -0.2) is 4.98 Å². The Hall–Kier alpha value is -2.49. The molecule has 0 N–H and O–H groups in total. The van der Waals surface area contributed by atoms with E-state index in [1.165, 1.54) is 6.20 Å². The zero-order valence-corrected chi connectivity index (χ0v) is 11.5. The third kappa shape index (κ3) is 2.91. The third-order valence-electron chi connectivity index (χ3n) is 3.15. The maximum Gasteiger partial charge on any atom is 0.151 e. The summed E-state index contributed by atoms with van der Waals surface area (Å²) in [6.07, 6.45) is 11.2. The molecule has 0 bridgehead atoms. The highest BCUT2D eigenvalue weighted by molar-refractivity contribution is 6.14. The second-order valence-electron chi connectivity index (χ2n) is 4.31. The van der Waals surface area contributed by atoms with Crippen LogP contribution in [0.4, 0.5) is 0 Å². The number of hydrogen-bond donors (Lipinski definition) is 0. The number of aryl methyl sites for hydroxylation is 1. The fourth-order valence-corrected chi connectivity index (χ4v) is 2.15. The standard InChI is InChI=1S/C16H17N3O/c1-3-13(12-20)15(17-4-2)8-7-14-6-5-10-19-11-9-18-16(14)19/h3-6,9-12H,2,7-8H2,1H3/b13-3-,17-15-. The Bertz CT molecular complexity index is 680. The van der Waals surface area contributed by atoms with Crippen molar-refractivity contribution in [2.24, 2.45) is 4.99 Å². The lowest BCUT2D eigenvalue weighted by Crippen LogP contribution is -2.06. The molecule has 0 saturated carbocycles. The highest BCUT2D eigenvalue weighted by Crippen LogP contribution is 2.13. The lowest BCUT2D eigenvalue weighted by Gasteiger charge is -2.06. The lowest BCUT2D eigenvalue weighted by atomic mass is 10.0. The number of rotatable bonds is 6. The normalized spacial score (nSPS) is 12.7. The minimum Gasteiger partial charge on any atom is -0.307 e. The predicted molar refractivity (Wildman–Crippen MR) is 81.0 cm³/mol. The van der Waals surface area contributed by atoms with Gasteiger partial charge in [-0.1, -0.05) is 18.7 Å².